The summed E-state index contributed by atoms with van der Waals surface area (Å²) in [5, 5.41) is 0. The number of allylic oxidation sites excluding steroid dienone is 2. The molecule has 54 heavy (non-hydrogen) atoms. The first-order chi connectivity index (χ1) is 26.7. The summed E-state index contributed by atoms with van der Waals surface area (Å²) < 4.78 is 0. The van der Waals surface area contributed by atoms with Crippen molar-refractivity contribution in [1.82, 2.24) is 19.9 Å². The number of pyridine rings is 2. The maximum absolute atomic E-state index is 4.52. The molecule has 4 aromatic heterocycles. The molecule has 0 atom stereocenters. The average molecular weight is 697 g/mol. The van der Waals surface area contributed by atoms with Crippen LogP contribution in [0.5, 0.6) is 0 Å². The fraction of sp³-hybridized carbons (Fsp3) is 0.0800. The van der Waals surface area contributed by atoms with E-state index in [0.29, 0.717) is 0 Å². The Kier molecular flexibility index (Phi) is 8.78. The number of aromatic nitrogens is 4. The Labute approximate surface area is 316 Å². The van der Waals surface area contributed by atoms with Crippen LogP contribution in [0.25, 0.3) is 34.8 Å². The Hall–Kier alpha value is -6.78. The molecule has 2 aliphatic rings. The van der Waals surface area contributed by atoms with E-state index in [4.69, 9.17) is 0 Å². The third-order valence-corrected chi connectivity index (χ3v) is 11.0. The predicted octanol–water partition coefficient (Wildman–Crippen LogP) is 11.3. The molecule has 0 unspecified atom stereocenters. The summed E-state index contributed by atoms with van der Waals surface area (Å²) in [5.74, 6) is 0. The Morgan fingerprint density at radius 2 is 0.907 bits per heavy atom. The lowest BCUT2D eigenvalue weighted by molar-refractivity contribution is 0.634. The summed E-state index contributed by atoms with van der Waals surface area (Å²) in [6, 6.07) is 53.3. The maximum Gasteiger partial charge on any atom is 0.0870 e. The molecule has 10 rings (SSSR count). The molecule has 0 bridgehead atoms. The van der Waals surface area contributed by atoms with Crippen molar-refractivity contribution >= 4 is 12.2 Å². The zero-order valence-corrected chi connectivity index (χ0v) is 29.9. The monoisotopic (exact) mass is 696 g/mol. The third-order valence-electron chi connectivity index (χ3n) is 11.0. The molecule has 0 radical (unpaired) electrons. The molecule has 4 aromatic carbocycles. The van der Waals surface area contributed by atoms with Crippen LogP contribution in [0.3, 0.4) is 0 Å². The SMILES string of the molecule is C1=CC(c2ccccc2)(c2ccccc2)Cc2c[nH]c(-c3ccccn3)c21.C1=CC(c2ccccc2)(c2ccccc2)Cc2c[nH]c(-c3cccnc3)c21. The Morgan fingerprint density at radius 3 is 1.35 bits per heavy atom. The van der Waals surface area contributed by atoms with Gasteiger partial charge in [-0.1, -0.05) is 152 Å². The van der Waals surface area contributed by atoms with E-state index in [0.717, 1.165) is 35.5 Å². The van der Waals surface area contributed by atoms with Gasteiger partial charge in [0.15, 0.2) is 0 Å². The van der Waals surface area contributed by atoms with Gasteiger partial charge in [-0.25, -0.2) is 0 Å². The number of nitrogens with zero attached hydrogens (tertiary/aromatic N) is 2. The van der Waals surface area contributed by atoms with Gasteiger partial charge in [-0.05, 0) is 70.5 Å². The summed E-state index contributed by atoms with van der Waals surface area (Å²) >= 11 is 0. The second-order valence-corrected chi connectivity index (χ2v) is 14.1. The third kappa shape index (κ3) is 6.02. The molecule has 260 valence electrons. The standard InChI is InChI=1S/2C25H20N2/c1-3-9-21(10-4-1)25(22-11-5-2-6-12-22)14-13-23-20(16-25)18-27-24(23)19-8-7-15-26-17-19;1-3-9-20(10-4-1)25(21-11-5-2-6-12-21)15-14-22-19(17-25)18-27-24(22)23-13-7-8-16-26-23/h1-15,17-18,27H,16H2;1-16,18,27H,17H2. The number of benzene rings is 4. The summed E-state index contributed by atoms with van der Waals surface area (Å²) in [7, 11) is 0. The molecule has 0 amide bonds. The molecule has 0 saturated heterocycles. The minimum atomic E-state index is -0.154. The number of nitrogens with one attached hydrogen (secondary N) is 2. The van der Waals surface area contributed by atoms with Gasteiger partial charge in [-0.2, -0.15) is 0 Å². The molecule has 0 aliphatic heterocycles. The molecule has 0 fully saturated rings. The number of rotatable bonds is 6. The van der Waals surface area contributed by atoms with Crippen LogP contribution in [0.4, 0.5) is 0 Å². The number of H-pyrrole nitrogens is 2. The van der Waals surface area contributed by atoms with Crippen molar-refractivity contribution in [2.45, 2.75) is 23.7 Å². The summed E-state index contributed by atoms with van der Waals surface area (Å²) in [4.78, 5) is 15.7. The van der Waals surface area contributed by atoms with E-state index >= 15 is 0 Å². The normalized spacial score (nSPS) is 14.7. The zero-order chi connectivity index (χ0) is 36.2. The minimum Gasteiger partial charge on any atom is -0.360 e. The predicted molar refractivity (Wildman–Crippen MR) is 221 cm³/mol. The highest BCUT2D eigenvalue weighted by Gasteiger charge is 2.37. The van der Waals surface area contributed by atoms with E-state index in [1.807, 2.05) is 36.8 Å². The Balaban J connectivity index is 0.000000142. The molecule has 0 spiro atoms. The molecule has 4 heteroatoms. The number of aromatic amines is 2. The van der Waals surface area contributed by atoms with E-state index in [1.165, 1.54) is 44.5 Å². The molecule has 2 N–H and O–H groups in total. The second-order valence-electron chi connectivity index (χ2n) is 14.1. The van der Waals surface area contributed by atoms with Crippen LogP contribution >= 0.6 is 0 Å². The smallest absolute Gasteiger partial charge is 0.0870 e. The zero-order valence-electron chi connectivity index (χ0n) is 29.9. The highest BCUT2D eigenvalue weighted by Crippen LogP contribution is 2.45. The fourth-order valence-corrected chi connectivity index (χ4v) is 8.33. The van der Waals surface area contributed by atoms with Crippen LogP contribution in [0, 0.1) is 0 Å². The van der Waals surface area contributed by atoms with Crippen molar-refractivity contribution in [2.24, 2.45) is 0 Å². The Bertz CT molecular complexity index is 2260. The van der Waals surface area contributed by atoms with Crippen molar-refractivity contribution in [1.29, 1.82) is 0 Å². The molecule has 2 aliphatic carbocycles. The lowest BCUT2D eigenvalue weighted by Gasteiger charge is -2.35. The topological polar surface area (TPSA) is 57.4 Å². The molecule has 4 heterocycles. The van der Waals surface area contributed by atoms with Gasteiger partial charge in [0, 0.05) is 58.5 Å². The van der Waals surface area contributed by atoms with Crippen molar-refractivity contribution in [3.8, 4) is 22.6 Å². The van der Waals surface area contributed by atoms with Gasteiger partial charge in [0.1, 0.15) is 0 Å². The number of hydrogen-bond donors (Lipinski definition) is 2. The fourth-order valence-electron chi connectivity index (χ4n) is 8.33. The van der Waals surface area contributed by atoms with Gasteiger partial charge in [-0.3, -0.25) is 9.97 Å². The number of fused-ring (bicyclic) bond motifs is 2. The molecule has 8 aromatic rings. The summed E-state index contributed by atoms with van der Waals surface area (Å²) in [6.07, 6.45) is 21.0. The minimum absolute atomic E-state index is 0.149. The van der Waals surface area contributed by atoms with Gasteiger partial charge >= 0.3 is 0 Å². The highest BCUT2D eigenvalue weighted by molar-refractivity contribution is 5.78. The van der Waals surface area contributed by atoms with Crippen LogP contribution < -0.4 is 0 Å². The van der Waals surface area contributed by atoms with Crippen molar-refractivity contribution < 1.29 is 0 Å². The second kappa shape index (κ2) is 14.3. The highest BCUT2D eigenvalue weighted by atomic mass is 14.8. The van der Waals surface area contributed by atoms with E-state index in [-0.39, 0.29) is 10.8 Å². The summed E-state index contributed by atoms with van der Waals surface area (Å²) in [5.41, 5.74) is 14.5. The first-order valence-corrected chi connectivity index (χ1v) is 18.6. The van der Waals surface area contributed by atoms with E-state index < -0.39 is 0 Å². The van der Waals surface area contributed by atoms with Gasteiger partial charge in [0.2, 0.25) is 0 Å². The van der Waals surface area contributed by atoms with Crippen molar-refractivity contribution in [3.05, 3.63) is 239 Å². The van der Waals surface area contributed by atoms with Crippen LogP contribution in [0.1, 0.15) is 44.5 Å². The molecular formula is C50H40N4. The van der Waals surface area contributed by atoms with Crippen LogP contribution in [-0.2, 0) is 23.7 Å². The lowest BCUT2D eigenvalue weighted by atomic mass is 9.68. The van der Waals surface area contributed by atoms with Crippen LogP contribution in [0.15, 0.2) is 195 Å². The van der Waals surface area contributed by atoms with Crippen molar-refractivity contribution in [3.63, 3.8) is 0 Å². The van der Waals surface area contributed by atoms with Gasteiger partial charge < -0.3 is 9.97 Å². The van der Waals surface area contributed by atoms with Gasteiger partial charge in [0.05, 0.1) is 17.1 Å². The lowest BCUT2D eigenvalue weighted by Crippen LogP contribution is -2.30. The average Bonchev–Trinajstić information content (AvgIpc) is 3.89. The van der Waals surface area contributed by atoms with E-state index in [9.17, 15) is 0 Å². The van der Waals surface area contributed by atoms with E-state index in [2.05, 4.69) is 190 Å². The van der Waals surface area contributed by atoms with Gasteiger partial charge in [-0.15, -0.1) is 0 Å². The number of hydrogen-bond acceptors (Lipinski definition) is 2. The molecule has 0 saturated carbocycles. The molecule has 4 nitrogen and oxygen atoms in total. The molecular weight excluding hydrogens is 657 g/mol. The van der Waals surface area contributed by atoms with Crippen LogP contribution in [-0.4, -0.2) is 19.9 Å². The summed E-state index contributed by atoms with van der Waals surface area (Å²) in [6.45, 7) is 0. The Morgan fingerprint density at radius 1 is 0.444 bits per heavy atom. The maximum atomic E-state index is 4.52. The van der Waals surface area contributed by atoms with Crippen molar-refractivity contribution in [2.75, 3.05) is 0 Å². The quantitative estimate of drug-likeness (QED) is 0.182. The first kappa shape index (κ1) is 33.1. The van der Waals surface area contributed by atoms with E-state index in [1.54, 1.807) is 0 Å². The first-order valence-electron chi connectivity index (χ1n) is 18.6. The van der Waals surface area contributed by atoms with Gasteiger partial charge in [0.25, 0.3) is 0 Å². The largest absolute Gasteiger partial charge is 0.360 e. The van der Waals surface area contributed by atoms with Crippen LogP contribution in [0.2, 0.25) is 0 Å².